The Bertz CT molecular complexity index is 375. The fourth-order valence-corrected chi connectivity index (χ4v) is 2.78. The van der Waals surface area contributed by atoms with Crippen LogP contribution in [-0.4, -0.2) is 30.2 Å². The third-order valence-electron chi connectivity index (χ3n) is 3.81. The number of hydrogen-bond acceptors (Lipinski definition) is 2. The molecule has 1 aromatic rings. The molecule has 1 aromatic carbocycles. The van der Waals surface area contributed by atoms with Crippen LogP contribution < -0.4 is 0 Å². The van der Waals surface area contributed by atoms with Crippen molar-refractivity contribution in [3.05, 3.63) is 34.9 Å². The molecule has 0 radical (unpaired) electrons. The third kappa shape index (κ3) is 3.82. The van der Waals surface area contributed by atoms with Crippen molar-refractivity contribution in [1.82, 2.24) is 4.90 Å². The lowest BCUT2D eigenvalue weighted by Gasteiger charge is -2.17. The largest absolute Gasteiger partial charge is 0.396 e. The maximum absolute atomic E-state index is 8.74. The van der Waals surface area contributed by atoms with E-state index in [0.29, 0.717) is 6.61 Å². The standard InChI is InChI=1S/C16H25NO/c1-17(10-3-2-4-11-18)13-14-8-9-15-6-5-7-16(15)12-14/h8-9,12,18H,2-7,10-11,13H2,1H3. The summed E-state index contributed by atoms with van der Waals surface area (Å²) in [7, 11) is 2.19. The molecule has 0 heterocycles. The first-order chi connectivity index (χ1) is 8.79. The number of nitrogens with zero attached hydrogens (tertiary/aromatic N) is 1. The van der Waals surface area contributed by atoms with Crippen LogP contribution in [0.3, 0.4) is 0 Å². The minimum absolute atomic E-state index is 0.328. The molecule has 0 spiro atoms. The second-order valence-corrected chi connectivity index (χ2v) is 5.48. The van der Waals surface area contributed by atoms with Crippen molar-refractivity contribution >= 4 is 0 Å². The Morgan fingerprint density at radius 1 is 1.11 bits per heavy atom. The zero-order chi connectivity index (χ0) is 12.8. The highest BCUT2D eigenvalue weighted by Gasteiger charge is 2.11. The second kappa shape index (κ2) is 6.91. The van der Waals surface area contributed by atoms with Crippen molar-refractivity contribution in [2.45, 2.75) is 45.1 Å². The molecule has 1 aliphatic rings. The highest BCUT2D eigenvalue weighted by Crippen LogP contribution is 2.23. The summed E-state index contributed by atoms with van der Waals surface area (Å²) < 4.78 is 0. The van der Waals surface area contributed by atoms with Crippen LogP contribution in [0.25, 0.3) is 0 Å². The van der Waals surface area contributed by atoms with Crippen LogP contribution in [0.15, 0.2) is 18.2 Å². The molecule has 0 atom stereocenters. The second-order valence-electron chi connectivity index (χ2n) is 5.48. The first kappa shape index (κ1) is 13.6. The monoisotopic (exact) mass is 247 g/mol. The zero-order valence-corrected chi connectivity index (χ0v) is 11.5. The number of unbranched alkanes of at least 4 members (excludes halogenated alkanes) is 2. The van der Waals surface area contributed by atoms with Crippen molar-refractivity contribution in [3.8, 4) is 0 Å². The maximum Gasteiger partial charge on any atom is 0.0431 e. The Kier molecular flexibility index (Phi) is 5.21. The Morgan fingerprint density at radius 3 is 2.78 bits per heavy atom. The van der Waals surface area contributed by atoms with Gasteiger partial charge in [-0.25, -0.2) is 0 Å². The molecule has 0 saturated heterocycles. The molecule has 2 nitrogen and oxygen atoms in total. The van der Waals surface area contributed by atoms with E-state index in [-0.39, 0.29) is 0 Å². The van der Waals surface area contributed by atoms with Gasteiger partial charge in [-0.3, -0.25) is 0 Å². The van der Waals surface area contributed by atoms with Crippen LogP contribution in [0.1, 0.15) is 42.4 Å². The molecule has 0 unspecified atom stereocenters. The maximum atomic E-state index is 8.74. The summed E-state index contributed by atoms with van der Waals surface area (Å²) in [5.41, 5.74) is 4.57. The fraction of sp³-hybridized carbons (Fsp3) is 0.625. The molecular weight excluding hydrogens is 222 g/mol. The summed E-state index contributed by atoms with van der Waals surface area (Å²) in [6, 6.07) is 7.00. The Labute approximate surface area is 111 Å². The Hall–Kier alpha value is -0.860. The molecule has 2 rings (SSSR count). The van der Waals surface area contributed by atoms with Gasteiger partial charge in [0.1, 0.15) is 0 Å². The van der Waals surface area contributed by atoms with Crippen molar-refractivity contribution in [2.75, 3.05) is 20.2 Å². The van der Waals surface area contributed by atoms with Gasteiger partial charge in [-0.05, 0) is 68.8 Å². The number of aliphatic hydroxyl groups excluding tert-OH is 1. The molecule has 100 valence electrons. The lowest BCUT2D eigenvalue weighted by atomic mass is 10.1. The van der Waals surface area contributed by atoms with Crippen LogP contribution >= 0.6 is 0 Å². The highest BCUT2D eigenvalue weighted by molar-refractivity contribution is 5.35. The van der Waals surface area contributed by atoms with E-state index in [2.05, 4.69) is 30.1 Å². The molecule has 0 saturated carbocycles. The van der Waals surface area contributed by atoms with Crippen molar-refractivity contribution < 1.29 is 5.11 Å². The van der Waals surface area contributed by atoms with Gasteiger partial charge in [0.05, 0.1) is 0 Å². The number of benzene rings is 1. The van der Waals surface area contributed by atoms with E-state index in [1.165, 1.54) is 31.2 Å². The van der Waals surface area contributed by atoms with Crippen molar-refractivity contribution in [1.29, 1.82) is 0 Å². The van der Waals surface area contributed by atoms with Crippen molar-refractivity contribution in [3.63, 3.8) is 0 Å². The van der Waals surface area contributed by atoms with Crippen LogP contribution in [0, 0.1) is 0 Å². The van der Waals surface area contributed by atoms with E-state index in [1.54, 1.807) is 11.1 Å². The molecule has 0 aliphatic heterocycles. The number of rotatable bonds is 7. The molecule has 0 fully saturated rings. The molecule has 0 aromatic heterocycles. The number of aryl methyl sites for hydroxylation is 2. The van der Waals surface area contributed by atoms with Crippen molar-refractivity contribution in [2.24, 2.45) is 0 Å². The average Bonchev–Trinajstić information content (AvgIpc) is 2.82. The van der Waals surface area contributed by atoms with Crippen LogP contribution in [0.5, 0.6) is 0 Å². The number of hydrogen-bond donors (Lipinski definition) is 1. The number of fused-ring (bicyclic) bond motifs is 1. The highest BCUT2D eigenvalue weighted by atomic mass is 16.2. The predicted octanol–water partition coefficient (Wildman–Crippen LogP) is 2.77. The first-order valence-electron chi connectivity index (χ1n) is 7.19. The molecule has 18 heavy (non-hydrogen) atoms. The van der Waals surface area contributed by atoms with E-state index < -0.39 is 0 Å². The lowest BCUT2D eigenvalue weighted by Crippen LogP contribution is -2.19. The summed E-state index contributed by atoms with van der Waals surface area (Å²) in [5, 5.41) is 8.74. The molecule has 2 heteroatoms. The minimum atomic E-state index is 0.328. The molecule has 1 aliphatic carbocycles. The normalized spacial score (nSPS) is 14.2. The van der Waals surface area contributed by atoms with Gasteiger partial charge in [0.2, 0.25) is 0 Å². The zero-order valence-electron chi connectivity index (χ0n) is 11.5. The van der Waals surface area contributed by atoms with E-state index in [0.717, 1.165) is 25.9 Å². The smallest absolute Gasteiger partial charge is 0.0431 e. The van der Waals surface area contributed by atoms with Gasteiger partial charge < -0.3 is 10.0 Å². The summed E-state index contributed by atoms with van der Waals surface area (Å²) >= 11 is 0. The molecule has 1 N–H and O–H groups in total. The molecular formula is C16H25NO. The summed E-state index contributed by atoms with van der Waals surface area (Å²) in [5.74, 6) is 0. The summed E-state index contributed by atoms with van der Waals surface area (Å²) in [4.78, 5) is 2.38. The Balaban J connectivity index is 1.78. The lowest BCUT2D eigenvalue weighted by molar-refractivity contribution is 0.271. The van der Waals surface area contributed by atoms with Crippen LogP contribution in [-0.2, 0) is 19.4 Å². The van der Waals surface area contributed by atoms with Gasteiger partial charge in [0.15, 0.2) is 0 Å². The summed E-state index contributed by atoms with van der Waals surface area (Å²) in [6.07, 6.45) is 7.12. The molecule has 0 bridgehead atoms. The molecule has 0 amide bonds. The Morgan fingerprint density at radius 2 is 1.94 bits per heavy atom. The topological polar surface area (TPSA) is 23.5 Å². The van der Waals surface area contributed by atoms with Gasteiger partial charge in [-0.2, -0.15) is 0 Å². The van der Waals surface area contributed by atoms with E-state index in [4.69, 9.17) is 5.11 Å². The summed E-state index contributed by atoms with van der Waals surface area (Å²) in [6.45, 7) is 2.50. The number of aliphatic hydroxyl groups is 1. The fourth-order valence-electron chi connectivity index (χ4n) is 2.78. The van der Waals surface area contributed by atoms with E-state index in [1.807, 2.05) is 0 Å². The SMILES string of the molecule is CN(CCCCCO)Cc1ccc2c(c1)CCC2. The third-order valence-corrected chi connectivity index (χ3v) is 3.81. The first-order valence-corrected chi connectivity index (χ1v) is 7.19. The predicted molar refractivity (Wildman–Crippen MR) is 75.7 cm³/mol. The van der Waals surface area contributed by atoms with E-state index in [9.17, 15) is 0 Å². The quantitative estimate of drug-likeness (QED) is 0.749. The van der Waals surface area contributed by atoms with Gasteiger partial charge in [0, 0.05) is 13.2 Å². The van der Waals surface area contributed by atoms with Gasteiger partial charge in [0.25, 0.3) is 0 Å². The minimum Gasteiger partial charge on any atom is -0.396 e. The van der Waals surface area contributed by atoms with Crippen LogP contribution in [0.4, 0.5) is 0 Å². The van der Waals surface area contributed by atoms with Gasteiger partial charge in [-0.1, -0.05) is 18.2 Å². The van der Waals surface area contributed by atoms with Crippen LogP contribution in [0.2, 0.25) is 0 Å². The van der Waals surface area contributed by atoms with Gasteiger partial charge >= 0.3 is 0 Å². The average molecular weight is 247 g/mol. The van der Waals surface area contributed by atoms with E-state index >= 15 is 0 Å². The van der Waals surface area contributed by atoms with Gasteiger partial charge in [-0.15, -0.1) is 0 Å².